The van der Waals surface area contributed by atoms with Crippen LogP contribution in [0.15, 0.2) is 33.2 Å². The Morgan fingerprint density at radius 1 is 1.44 bits per heavy atom. The summed E-state index contributed by atoms with van der Waals surface area (Å²) in [5.41, 5.74) is -0.231. The van der Waals surface area contributed by atoms with Crippen molar-refractivity contribution in [1.29, 1.82) is 0 Å². The molecule has 1 rings (SSSR count). The maximum absolute atomic E-state index is 10.6. The van der Waals surface area contributed by atoms with Gasteiger partial charge in [0.1, 0.15) is 12.4 Å². The van der Waals surface area contributed by atoms with Crippen LogP contribution in [0.25, 0.3) is 0 Å². The predicted molar refractivity (Wildman–Crippen MR) is 70.8 cm³/mol. The molecule has 0 heterocycles. The van der Waals surface area contributed by atoms with E-state index in [1.807, 2.05) is 0 Å². The van der Waals surface area contributed by atoms with Crippen molar-refractivity contribution in [2.45, 2.75) is 0 Å². The molecule has 6 nitrogen and oxygen atoms in total. The third kappa shape index (κ3) is 3.54. The van der Waals surface area contributed by atoms with Crippen LogP contribution in [0.3, 0.4) is 0 Å². The second-order valence-corrected chi connectivity index (χ2v) is 4.90. The molecule has 0 fully saturated rings. The van der Waals surface area contributed by atoms with Gasteiger partial charge in [-0.3, -0.25) is 10.1 Å². The fourth-order valence-corrected chi connectivity index (χ4v) is 2.40. The van der Waals surface area contributed by atoms with Gasteiger partial charge in [0.05, 0.1) is 19.4 Å². The second-order valence-electron chi connectivity index (χ2n) is 3.19. The molecule has 0 bridgehead atoms. The van der Waals surface area contributed by atoms with E-state index in [-0.39, 0.29) is 23.6 Å². The molecule has 1 N–H and O–H groups in total. The molecule has 8 heteroatoms. The number of carboxylic acid groups (broad SMARTS) is 1. The van der Waals surface area contributed by atoms with Crippen LogP contribution in [0.2, 0.25) is 0 Å². The fourth-order valence-electron chi connectivity index (χ4n) is 1.01. The lowest BCUT2D eigenvalue weighted by molar-refractivity contribution is -0.385. The average molecular weight is 381 g/mol. The smallest absolute Gasteiger partial charge is 0.334 e. The Kier molecular flexibility index (Phi) is 4.85. The molecule has 96 valence electrons. The third-order valence-electron chi connectivity index (χ3n) is 1.89. The first-order valence-corrected chi connectivity index (χ1v) is 6.09. The minimum Gasteiger partial charge on any atom is -0.486 e. The molecule has 1 aromatic carbocycles. The van der Waals surface area contributed by atoms with E-state index in [4.69, 9.17) is 9.84 Å². The van der Waals surface area contributed by atoms with Crippen LogP contribution >= 0.6 is 31.9 Å². The molecule has 0 atom stereocenters. The van der Waals surface area contributed by atoms with Crippen LogP contribution in [0.1, 0.15) is 0 Å². The molecule has 0 aliphatic rings. The first kappa shape index (κ1) is 14.7. The Morgan fingerprint density at radius 3 is 2.33 bits per heavy atom. The average Bonchev–Trinajstić information content (AvgIpc) is 2.26. The third-order valence-corrected chi connectivity index (χ3v) is 3.07. The monoisotopic (exact) mass is 379 g/mol. The standard InChI is InChI=1S/C10H7Br2NO5/c1-5(10(14)15)4-18-9-7(11)2-6(13(16)17)3-8(9)12/h2-3H,1,4H2,(H,14,15). The van der Waals surface area contributed by atoms with Crippen molar-refractivity contribution in [3.8, 4) is 5.75 Å². The van der Waals surface area contributed by atoms with Crippen LogP contribution in [0, 0.1) is 10.1 Å². The highest BCUT2D eigenvalue weighted by Gasteiger charge is 2.16. The number of nitrogens with zero attached hydrogens (tertiary/aromatic N) is 1. The molecule has 0 spiro atoms. The molecule has 18 heavy (non-hydrogen) atoms. The van der Waals surface area contributed by atoms with Crippen molar-refractivity contribution in [3.63, 3.8) is 0 Å². The van der Waals surface area contributed by atoms with Crippen molar-refractivity contribution in [2.75, 3.05) is 6.61 Å². The van der Waals surface area contributed by atoms with Gasteiger partial charge in [0.15, 0.2) is 0 Å². The quantitative estimate of drug-likeness (QED) is 0.481. The minimum absolute atomic E-state index is 0.113. The van der Waals surface area contributed by atoms with Crippen molar-refractivity contribution in [1.82, 2.24) is 0 Å². The van der Waals surface area contributed by atoms with E-state index in [0.717, 1.165) is 0 Å². The number of ether oxygens (including phenoxy) is 1. The van der Waals surface area contributed by atoms with Gasteiger partial charge in [-0.1, -0.05) is 6.58 Å². The van der Waals surface area contributed by atoms with Gasteiger partial charge in [-0.2, -0.15) is 0 Å². The summed E-state index contributed by atoms with van der Waals surface area (Å²) in [6.45, 7) is 3.09. The predicted octanol–water partition coefficient (Wildman–Crippen LogP) is 3.14. The van der Waals surface area contributed by atoms with E-state index in [2.05, 4.69) is 38.4 Å². The zero-order chi connectivity index (χ0) is 13.9. The van der Waals surface area contributed by atoms with Crippen LogP contribution in [0.5, 0.6) is 5.75 Å². The summed E-state index contributed by atoms with van der Waals surface area (Å²) in [4.78, 5) is 20.6. The van der Waals surface area contributed by atoms with E-state index in [1.165, 1.54) is 12.1 Å². The Labute approximate surface area is 119 Å². The Balaban J connectivity index is 2.94. The minimum atomic E-state index is -1.16. The summed E-state index contributed by atoms with van der Waals surface area (Å²) in [5, 5.41) is 19.2. The van der Waals surface area contributed by atoms with Crippen LogP contribution in [-0.4, -0.2) is 22.6 Å². The molecule has 0 radical (unpaired) electrons. The molecule has 1 aromatic rings. The molecule has 0 unspecified atom stereocenters. The maximum Gasteiger partial charge on any atom is 0.334 e. The van der Waals surface area contributed by atoms with E-state index >= 15 is 0 Å². The summed E-state index contributed by atoms with van der Waals surface area (Å²) in [6.07, 6.45) is 0. The Morgan fingerprint density at radius 2 is 1.94 bits per heavy atom. The molecular formula is C10H7Br2NO5. The lowest BCUT2D eigenvalue weighted by Gasteiger charge is -2.09. The molecule has 0 aliphatic heterocycles. The van der Waals surface area contributed by atoms with Gasteiger partial charge in [-0.25, -0.2) is 4.79 Å². The fraction of sp³-hybridized carbons (Fsp3) is 0.100. The molecule has 0 saturated carbocycles. The Bertz CT molecular complexity index is 506. The normalized spacial score (nSPS) is 9.89. The van der Waals surface area contributed by atoms with Crippen LogP contribution in [0.4, 0.5) is 5.69 Å². The molecule has 0 saturated heterocycles. The van der Waals surface area contributed by atoms with Gasteiger partial charge in [0.2, 0.25) is 0 Å². The summed E-state index contributed by atoms with van der Waals surface area (Å²) in [7, 11) is 0. The van der Waals surface area contributed by atoms with Crippen molar-refractivity contribution in [3.05, 3.63) is 43.3 Å². The highest BCUT2D eigenvalue weighted by atomic mass is 79.9. The number of nitro groups is 1. The van der Waals surface area contributed by atoms with Crippen molar-refractivity contribution < 1.29 is 19.6 Å². The molecule has 0 aromatic heterocycles. The number of carbonyl (C=O) groups is 1. The van der Waals surface area contributed by atoms with E-state index in [1.54, 1.807) is 0 Å². The molecule has 0 amide bonds. The van der Waals surface area contributed by atoms with E-state index in [9.17, 15) is 14.9 Å². The summed E-state index contributed by atoms with van der Waals surface area (Å²) in [5.74, 6) is -0.882. The number of hydrogen-bond acceptors (Lipinski definition) is 4. The number of halogens is 2. The zero-order valence-corrected chi connectivity index (χ0v) is 12.0. The largest absolute Gasteiger partial charge is 0.486 e. The number of nitro benzene ring substituents is 1. The number of rotatable bonds is 5. The van der Waals surface area contributed by atoms with Gasteiger partial charge in [0.25, 0.3) is 5.69 Å². The van der Waals surface area contributed by atoms with Gasteiger partial charge >= 0.3 is 5.97 Å². The topological polar surface area (TPSA) is 89.7 Å². The number of hydrogen-bond donors (Lipinski definition) is 1. The molecule has 0 aliphatic carbocycles. The second kappa shape index (κ2) is 5.96. The van der Waals surface area contributed by atoms with E-state index < -0.39 is 10.9 Å². The number of aliphatic carboxylic acids is 1. The molecular weight excluding hydrogens is 374 g/mol. The summed E-state index contributed by atoms with van der Waals surface area (Å²) >= 11 is 6.23. The first-order chi connectivity index (χ1) is 8.32. The summed E-state index contributed by atoms with van der Waals surface area (Å²) in [6, 6.07) is 2.53. The van der Waals surface area contributed by atoms with Gasteiger partial charge in [-0.15, -0.1) is 0 Å². The van der Waals surface area contributed by atoms with Gasteiger partial charge < -0.3 is 9.84 Å². The number of carboxylic acids is 1. The van der Waals surface area contributed by atoms with Crippen molar-refractivity contribution in [2.24, 2.45) is 0 Å². The summed E-state index contributed by atoms with van der Waals surface area (Å²) < 4.78 is 5.93. The Hall–Kier alpha value is -1.41. The first-order valence-electron chi connectivity index (χ1n) is 4.50. The van der Waals surface area contributed by atoms with Crippen LogP contribution < -0.4 is 4.74 Å². The highest BCUT2D eigenvalue weighted by Crippen LogP contribution is 2.37. The van der Waals surface area contributed by atoms with Crippen molar-refractivity contribution >= 4 is 43.5 Å². The lowest BCUT2D eigenvalue weighted by Crippen LogP contribution is -2.09. The SMILES string of the molecule is C=C(COc1c(Br)cc([N+](=O)[O-])cc1Br)C(=O)O. The maximum atomic E-state index is 10.6. The number of non-ortho nitro benzene ring substituents is 1. The number of benzene rings is 1. The van der Waals surface area contributed by atoms with E-state index in [0.29, 0.717) is 8.95 Å². The van der Waals surface area contributed by atoms with Gasteiger partial charge in [-0.05, 0) is 31.9 Å². The van der Waals surface area contributed by atoms with Gasteiger partial charge in [0, 0.05) is 12.1 Å². The van der Waals surface area contributed by atoms with Crippen LogP contribution in [-0.2, 0) is 4.79 Å². The lowest BCUT2D eigenvalue weighted by atomic mass is 10.3. The highest BCUT2D eigenvalue weighted by molar-refractivity contribution is 9.11. The zero-order valence-electron chi connectivity index (χ0n) is 8.85.